The molecule has 0 radical (unpaired) electrons. The first-order valence-corrected chi connectivity index (χ1v) is 11.3. The normalized spacial score (nSPS) is 30.6. The van der Waals surface area contributed by atoms with Crippen LogP contribution in [0.25, 0.3) is 0 Å². The molecular formula is C20H26NO8P. The molecule has 1 aliphatic heterocycles. The zero-order valence-corrected chi connectivity index (χ0v) is 18.4. The molecule has 1 aromatic carbocycles. The predicted octanol–water partition coefficient (Wildman–Crippen LogP) is 1.33. The first kappa shape index (κ1) is 23.6. The molecule has 9 nitrogen and oxygen atoms in total. The number of carbonyl (C=O) groups is 4. The summed E-state index contributed by atoms with van der Waals surface area (Å²) in [7, 11) is -3.65. The fourth-order valence-corrected chi connectivity index (χ4v) is 7.33. The average molecular weight is 439 g/mol. The van der Waals surface area contributed by atoms with Gasteiger partial charge in [-0.3, -0.25) is 19.2 Å². The lowest BCUT2D eigenvalue weighted by atomic mass is 10.0. The molecule has 1 N–H and O–H groups in total. The summed E-state index contributed by atoms with van der Waals surface area (Å²) < 4.78 is 30.8. The van der Waals surface area contributed by atoms with Crippen LogP contribution in [0.2, 0.25) is 0 Å². The Balaban J connectivity index is 2.74. The van der Waals surface area contributed by atoms with Crippen molar-refractivity contribution >= 4 is 36.3 Å². The number of amides is 1. The van der Waals surface area contributed by atoms with Gasteiger partial charge in [0.05, 0.1) is 5.66 Å². The molecule has 30 heavy (non-hydrogen) atoms. The van der Waals surface area contributed by atoms with Crippen molar-refractivity contribution in [2.24, 2.45) is 0 Å². The molecule has 1 aliphatic rings. The summed E-state index contributed by atoms with van der Waals surface area (Å²) in [6, 6.07) is 7.15. The summed E-state index contributed by atoms with van der Waals surface area (Å²) in [6.07, 6.45) is -2.35. The van der Waals surface area contributed by atoms with Gasteiger partial charge in [0.1, 0.15) is 6.04 Å². The summed E-state index contributed by atoms with van der Waals surface area (Å²) in [5, 5.41) is 2.97. The molecule has 0 saturated carbocycles. The fourth-order valence-electron chi connectivity index (χ4n) is 3.77. The Labute approximate surface area is 174 Å². The number of hydrogen-bond donors (Lipinski definition) is 1. The van der Waals surface area contributed by atoms with Crippen LogP contribution in [0.15, 0.2) is 30.3 Å². The molecule has 2 rings (SSSR count). The minimum Gasteiger partial charge on any atom is -0.458 e. The molecule has 0 aliphatic carbocycles. The van der Waals surface area contributed by atoms with Crippen molar-refractivity contribution in [1.29, 1.82) is 0 Å². The van der Waals surface area contributed by atoms with Gasteiger partial charge in [-0.15, -0.1) is 0 Å². The van der Waals surface area contributed by atoms with Gasteiger partial charge < -0.3 is 24.1 Å². The van der Waals surface area contributed by atoms with E-state index in [1.54, 1.807) is 37.3 Å². The number of carbonyl (C=O) groups excluding carboxylic acids is 4. The van der Waals surface area contributed by atoms with Gasteiger partial charge >= 0.3 is 17.9 Å². The Bertz CT molecular complexity index is 871. The highest BCUT2D eigenvalue weighted by Gasteiger charge is 2.61. The Morgan fingerprint density at radius 2 is 1.33 bits per heavy atom. The zero-order valence-electron chi connectivity index (χ0n) is 17.5. The predicted molar refractivity (Wildman–Crippen MR) is 107 cm³/mol. The lowest BCUT2D eigenvalue weighted by Crippen LogP contribution is -2.64. The Hall–Kier alpha value is -2.67. The van der Waals surface area contributed by atoms with E-state index in [0.717, 1.165) is 13.8 Å². The molecule has 10 heteroatoms. The number of benzene rings is 1. The number of rotatable bonds is 5. The van der Waals surface area contributed by atoms with Crippen LogP contribution in [0, 0.1) is 0 Å². The van der Waals surface area contributed by atoms with Crippen molar-refractivity contribution in [2.75, 3.05) is 0 Å². The molecule has 1 aromatic rings. The topological polar surface area (TPSA) is 125 Å². The monoisotopic (exact) mass is 439 g/mol. The summed E-state index contributed by atoms with van der Waals surface area (Å²) in [6.45, 7) is 6.30. The van der Waals surface area contributed by atoms with E-state index in [1.807, 2.05) is 0 Å². The van der Waals surface area contributed by atoms with Crippen LogP contribution >= 0.6 is 7.14 Å². The van der Waals surface area contributed by atoms with Gasteiger partial charge in [-0.25, -0.2) is 0 Å². The third-order valence-electron chi connectivity index (χ3n) is 4.86. The van der Waals surface area contributed by atoms with E-state index >= 15 is 0 Å². The molecule has 0 spiro atoms. The van der Waals surface area contributed by atoms with Crippen LogP contribution in [0.4, 0.5) is 0 Å². The van der Waals surface area contributed by atoms with Gasteiger partial charge in [0.25, 0.3) is 0 Å². The van der Waals surface area contributed by atoms with Crippen molar-refractivity contribution in [3.63, 3.8) is 0 Å². The van der Waals surface area contributed by atoms with E-state index in [-0.39, 0.29) is 0 Å². The van der Waals surface area contributed by atoms with E-state index in [2.05, 4.69) is 5.32 Å². The third kappa shape index (κ3) is 4.90. The van der Waals surface area contributed by atoms with Gasteiger partial charge in [0.2, 0.25) is 5.91 Å². The molecule has 1 saturated heterocycles. The van der Waals surface area contributed by atoms with Gasteiger partial charge in [-0.2, -0.15) is 0 Å². The van der Waals surface area contributed by atoms with Crippen LogP contribution < -0.4 is 10.6 Å². The number of hydrogen-bond acceptors (Lipinski definition) is 8. The number of nitrogens with one attached hydrogen (secondary N) is 1. The third-order valence-corrected chi connectivity index (χ3v) is 8.66. The summed E-state index contributed by atoms with van der Waals surface area (Å²) >= 11 is 0. The van der Waals surface area contributed by atoms with Crippen LogP contribution in [-0.2, 0) is 38.0 Å². The van der Waals surface area contributed by atoms with Gasteiger partial charge in [0.15, 0.2) is 25.2 Å². The molecule has 0 bridgehead atoms. The standard InChI is InChI=1S/C20H26NO8P/c1-11-18(27-13(3)23)19(28-14(4)24)17(21-12(2)22)20(29-15(5)25)30(11,26)16-9-7-6-8-10-16/h6-11,17-20H,1-5H3,(H,21,22)/t11-,17+,18-,19+,20+,30-/m1/s1. The minimum atomic E-state index is -3.65. The van der Waals surface area contributed by atoms with Crippen molar-refractivity contribution in [2.45, 2.75) is 64.4 Å². The van der Waals surface area contributed by atoms with E-state index in [0.29, 0.717) is 5.30 Å². The quantitative estimate of drug-likeness (QED) is 0.414. The number of ether oxygens (including phenoxy) is 3. The first-order valence-electron chi connectivity index (χ1n) is 9.42. The van der Waals surface area contributed by atoms with E-state index < -0.39 is 60.7 Å². The molecule has 6 atom stereocenters. The lowest BCUT2D eigenvalue weighted by Gasteiger charge is -2.48. The molecular weight excluding hydrogens is 413 g/mol. The smallest absolute Gasteiger partial charge is 0.303 e. The minimum absolute atomic E-state index is 0.387. The second-order valence-electron chi connectivity index (χ2n) is 7.16. The number of esters is 3. The molecule has 1 fully saturated rings. The van der Waals surface area contributed by atoms with Crippen LogP contribution in [-0.4, -0.2) is 53.6 Å². The molecule has 1 amide bonds. The maximum absolute atomic E-state index is 14.5. The average Bonchev–Trinajstić information content (AvgIpc) is 2.65. The van der Waals surface area contributed by atoms with Crippen molar-refractivity contribution in [3.05, 3.63) is 30.3 Å². The molecule has 1 heterocycles. The second-order valence-corrected chi connectivity index (χ2v) is 10.4. The lowest BCUT2D eigenvalue weighted by molar-refractivity contribution is -0.174. The zero-order chi connectivity index (χ0) is 22.6. The Morgan fingerprint density at radius 1 is 0.833 bits per heavy atom. The second kappa shape index (κ2) is 9.43. The summed E-state index contributed by atoms with van der Waals surface area (Å²) in [5.74, 6) is -3.93. The van der Waals surface area contributed by atoms with Crippen molar-refractivity contribution in [1.82, 2.24) is 5.32 Å². The Morgan fingerprint density at radius 3 is 1.80 bits per heavy atom. The van der Waals surface area contributed by atoms with Crippen molar-refractivity contribution in [3.8, 4) is 0 Å². The summed E-state index contributed by atoms with van der Waals surface area (Å²) in [5.41, 5.74) is -0.873. The largest absolute Gasteiger partial charge is 0.458 e. The molecule has 0 unspecified atom stereocenters. The van der Waals surface area contributed by atoms with Gasteiger partial charge in [-0.1, -0.05) is 37.3 Å². The highest BCUT2D eigenvalue weighted by molar-refractivity contribution is 7.73. The highest BCUT2D eigenvalue weighted by Crippen LogP contribution is 2.61. The highest BCUT2D eigenvalue weighted by atomic mass is 31.2. The van der Waals surface area contributed by atoms with E-state index in [4.69, 9.17) is 14.2 Å². The van der Waals surface area contributed by atoms with E-state index in [9.17, 15) is 23.7 Å². The molecule has 164 valence electrons. The Kier molecular flexibility index (Phi) is 7.42. The maximum Gasteiger partial charge on any atom is 0.303 e. The van der Waals surface area contributed by atoms with Gasteiger partial charge in [-0.05, 0) is 0 Å². The van der Waals surface area contributed by atoms with Crippen LogP contribution in [0.1, 0.15) is 34.6 Å². The summed E-state index contributed by atoms with van der Waals surface area (Å²) in [4.78, 5) is 47.4. The first-order chi connectivity index (χ1) is 14.0. The maximum atomic E-state index is 14.5. The fraction of sp³-hybridized carbons (Fsp3) is 0.500. The van der Waals surface area contributed by atoms with Crippen LogP contribution in [0.5, 0.6) is 0 Å². The van der Waals surface area contributed by atoms with Gasteiger partial charge in [0, 0.05) is 33.0 Å². The van der Waals surface area contributed by atoms with Crippen molar-refractivity contribution < 1.29 is 38.0 Å². The van der Waals surface area contributed by atoms with E-state index in [1.165, 1.54) is 13.8 Å². The SMILES string of the molecule is CC(=O)N[C@H]1[C@H](OC(C)=O)[C@H](OC(C)=O)[C@@H](C)[P@@](=O)(c2ccccc2)[C@@H]1OC(C)=O. The van der Waals surface area contributed by atoms with Crippen LogP contribution in [0.3, 0.4) is 0 Å². The molecule has 0 aromatic heterocycles.